The molecule has 0 aromatic rings. The quantitative estimate of drug-likeness (QED) is 0.779. The summed E-state index contributed by atoms with van der Waals surface area (Å²) in [6.45, 7) is 11.5. The number of hydrogen-bond acceptors (Lipinski definition) is 2. The van der Waals surface area contributed by atoms with Gasteiger partial charge >= 0.3 is 0 Å². The van der Waals surface area contributed by atoms with Gasteiger partial charge in [-0.2, -0.15) is 0 Å². The number of nitrogens with zero attached hydrogens (tertiary/aromatic N) is 1. The van der Waals surface area contributed by atoms with Crippen LogP contribution in [0.25, 0.3) is 0 Å². The molecule has 1 aliphatic rings. The van der Waals surface area contributed by atoms with E-state index in [4.69, 9.17) is 0 Å². The molecule has 3 heteroatoms. The molecule has 0 aromatic carbocycles. The van der Waals surface area contributed by atoms with Crippen molar-refractivity contribution in [3.8, 4) is 0 Å². The van der Waals surface area contributed by atoms with Gasteiger partial charge in [0.25, 0.3) is 0 Å². The molecular formula is C13H26N2O. The minimum atomic E-state index is 0.250. The molecule has 0 bridgehead atoms. The topological polar surface area (TPSA) is 32.3 Å². The lowest BCUT2D eigenvalue weighted by atomic mass is 9.98. The number of hydrogen-bond donors (Lipinski definition) is 1. The first-order chi connectivity index (χ1) is 7.47. The van der Waals surface area contributed by atoms with Gasteiger partial charge in [0.2, 0.25) is 5.91 Å². The number of nitrogens with one attached hydrogen (secondary N) is 1. The van der Waals surface area contributed by atoms with Crippen molar-refractivity contribution in [2.24, 2.45) is 11.8 Å². The van der Waals surface area contributed by atoms with Gasteiger partial charge in [-0.1, -0.05) is 34.6 Å². The van der Waals surface area contributed by atoms with Gasteiger partial charge in [0.05, 0.1) is 12.7 Å². The predicted octanol–water partition coefficient (Wildman–Crippen LogP) is 2.22. The zero-order valence-electron chi connectivity index (χ0n) is 11.3. The maximum atomic E-state index is 11.9. The summed E-state index contributed by atoms with van der Waals surface area (Å²) in [5, 5.41) is 3.33. The molecule has 1 amide bonds. The fraction of sp³-hybridized carbons (Fsp3) is 0.923. The molecular weight excluding hydrogens is 200 g/mol. The summed E-state index contributed by atoms with van der Waals surface area (Å²) in [5.74, 6) is 1.42. The van der Waals surface area contributed by atoms with Gasteiger partial charge in [0, 0.05) is 6.04 Å². The Morgan fingerprint density at radius 3 is 2.44 bits per heavy atom. The molecule has 0 spiro atoms. The summed E-state index contributed by atoms with van der Waals surface area (Å²) in [6.07, 6.45) is 2.34. The van der Waals surface area contributed by atoms with Crippen LogP contribution in [0.2, 0.25) is 0 Å². The summed E-state index contributed by atoms with van der Waals surface area (Å²) in [4.78, 5) is 14.0. The first-order valence-corrected chi connectivity index (χ1v) is 6.51. The van der Waals surface area contributed by atoms with Crippen LogP contribution in [0, 0.1) is 11.8 Å². The van der Waals surface area contributed by atoms with E-state index in [9.17, 15) is 4.79 Å². The molecule has 1 heterocycles. The third-order valence-electron chi connectivity index (χ3n) is 3.35. The van der Waals surface area contributed by atoms with Crippen LogP contribution >= 0.6 is 0 Å². The first-order valence-electron chi connectivity index (χ1n) is 6.51. The van der Waals surface area contributed by atoms with E-state index in [1.165, 1.54) is 0 Å². The van der Waals surface area contributed by atoms with E-state index in [1.807, 2.05) is 0 Å². The SMILES string of the molecule is CCC(C(C)C)N1C(=O)CNC1CC(C)C. The Hall–Kier alpha value is -0.570. The number of amides is 1. The number of carbonyl (C=O) groups is 1. The number of rotatable bonds is 5. The molecule has 1 rings (SSSR count). The van der Waals surface area contributed by atoms with Crippen LogP contribution in [0.4, 0.5) is 0 Å². The molecule has 1 aliphatic heterocycles. The van der Waals surface area contributed by atoms with Gasteiger partial charge in [-0.3, -0.25) is 10.1 Å². The van der Waals surface area contributed by atoms with E-state index in [2.05, 4.69) is 44.8 Å². The molecule has 1 saturated heterocycles. The van der Waals surface area contributed by atoms with Crippen molar-refractivity contribution in [1.29, 1.82) is 0 Å². The third kappa shape index (κ3) is 2.97. The van der Waals surface area contributed by atoms with E-state index in [-0.39, 0.29) is 12.1 Å². The minimum absolute atomic E-state index is 0.250. The van der Waals surface area contributed by atoms with Crippen molar-refractivity contribution in [1.82, 2.24) is 10.2 Å². The van der Waals surface area contributed by atoms with E-state index < -0.39 is 0 Å². The Bertz CT molecular complexity index is 238. The Morgan fingerprint density at radius 2 is 2.00 bits per heavy atom. The molecule has 2 unspecified atom stereocenters. The highest BCUT2D eigenvalue weighted by atomic mass is 16.2. The molecule has 16 heavy (non-hydrogen) atoms. The zero-order valence-corrected chi connectivity index (χ0v) is 11.3. The second-order valence-electron chi connectivity index (χ2n) is 5.55. The molecule has 0 aromatic heterocycles. The highest BCUT2D eigenvalue weighted by Crippen LogP contribution is 2.23. The largest absolute Gasteiger partial charge is 0.323 e. The molecule has 0 saturated carbocycles. The highest BCUT2D eigenvalue weighted by Gasteiger charge is 2.36. The van der Waals surface area contributed by atoms with Crippen LogP contribution in [0.15, 0.2) is 0 Å². The second-order valence-corrected chi connectivity index (χ2v) is 5.55. The third-order valence-corrected chi connectivity index (χ3v) is 3.35. The minimum Gasteiger partial charge on any atom is -0.323 e. The second kappa shape index (κ2) is 5.67. The maximum absolute atomic E-state index is 11.9. The van der Waals surface area contributed by atoms with Gasteiger partial charge in [0.15, 0.2) is 0 Å². The van der Waals surface area contributed by atoms with E-state index in [0.717, 1.165) is 12.8 Å². The summed E-state index contributed by atoms with van der Waals surface area (Å²) in [5.41, 5.74) is 0. The normalized spacial score (nSPS) is 23.6. The van der Waals surface area contributed by atoms with Gasteiger partial charge in [-0.15, -0.1) is 0 Å². The monoisotopic (exact) mass is 226 g/mol. The predicted molar refractivity (Wildman–Crippen MR) is 67.0 cm³/mol. The molecule has 94 valence electrons. The van der Waals surface area contributed by atoms with Gasteiger partial charge in [0.1, 0.15) is 0 Å². The maximum Gasteiger partial charge on any atom is 0.238 e. The highest BCUT2D eigenvalue weighted by molar-refractivity contribution is 5.81. The lowest BCUT2D eigenvalue weighted by molar-refractivity contribution is -0.131. The van der Waals surface area contributed by atoms with E-state index in [0.29, 0.717) is 24.4 Å². The summed E-state index contributed by atoms with van der Waals surface area (Å²) in [7, 11) is 0. The van der Waals surface area contributed by atoms with E-state index >= 15 is 0 Å². The standard InChI is InChI=1S/C13H26N2O/c1-6-11(10(4)5)15-12(7-9(2)3)14-8-13(15)16/h9-12,14H,6-8H2,1-5H3. The van der Waals surface area contributed by atoms with Gasteiger partial charge < -0.3 is 4.90 Å². The Labute approximate surface area is 99.6 Å². The molecule has 1 fully saturated rings. The van der Waals surface area contributed by atoms with E-state index in [1.54, 1.807) is 0 Å². The van der Waals surface area contributed by atoms with Gasteiger partial charge in [-0.05, 0) is 24.7 Å². The lowest BCUT2D eigenvalue weighted by Gasteiger charge is -2.35. The van der Waals surface area contributed by atoms with Crippen molar-refractivity contribution in [2.75, 3.05) is 6.54 Å². The molecule has 3 nitrogen and oxygen atoms in total. The van der Waals surface area contributed by atoms with Crippen LogP contribution in [-0.2, 0) is 4.79 Å². The fourth-order valence-corrected chi connectivity index (χ4v) is 2.62. The fourth-order valence-electron chi connectivity index (χ4n) is 2.62. The van der Waals surface area contributed by atoms with Crippen LogP contribution in [0.3, 0.4) is 0 Å². The average Bonchev–Trinajstić information content (AvgIpc) is 2.49. The Balaban J connectivity index is 2.75. The van der Waals surface area contributed by atoms with Crippen LogP contribution in [0.1, 0.15) is 47.5 Å². The van der Waals surface area contributed by atoms with Crippen molar-refractivity contribution in [3.05, 3.63) is 0 Å². The Kier molecular flexibility index (Phi) is 4.78. The summed E-state index contributed by atoms with van der Waals surface area (Å²) in [6, 6.07) is 0.381. The van der Waals surface area contributed by atoms with Crippen molar-refractivity contribution in [2.45, 2.75) is 59.7 Å². The van der Waals surface area contributed by atoms with Crippen molar-refractivity contribution in [3.63, 3.8) is 0 Å². The smallest absolute Gasteiger partial charge is 0.238 e. The molecule has 2 atom stereocenters. The Morgan fingerprint density at radius 1 is 1.38 bits per heavy atom. The molecule has 0 radical (unpaired) electrons. The van der Waals surface area contributed by atoms with Crippen molar-refractivity contribution < 1.29 is 4.79 Å². The first kappa shape index (κ1) is 13.5. The summed E-state index contributed by atoms with van der Waals surface area (Å²) < 4.78 is 0. The van der Waals surface area contributed by atoms with Crippen LogP contribution in [-0.4, -0.2) is 29.6 Å². The number of carbonyl (C=O) groups excluding carboxylic acids is 1. The van der Waals surface area contributed by atoms with Crippen LogP contribution in [0.5, 0.6) is 0 Å². The zero-order chi connectivity index (χ0) is 12.3. The molecule has 0 aliphatic carbocycles. The van der Waals surface area contributed by atoms with Gasteiger partial charge in [-0.25, -0.2) is 0 Å². The lowest BCUT2D eigenvalue weighted by Crippen LogP contribution is -2.47. The van der Waals surface area contributed by atoms with Crippen LogP contribution < -0.4 is 5.32 Å². The van der Waals surface area contributed by atoms with Crippen molar-refractivity contribution >= 4 is 5.91 Å². The summed E-state index contributed by atoms with van der Waals surface area (Å²) >= 11 is 0. The molecule has 1 N–H and O–H groups in total. The average molecular weight is 226 g/mol.